The molecule has 150 valence electrons. The molecule has 1 aliphatic heterocycles. The van der Waals surface area contributed by atoms with Gasteiger partial charge in [0, 0.05) is 32.2 Å². The third-order valence-corrected chi connectivity index (χ3v) is 4.07. The first kappa shape index (κ1) is 21.2. The number of carbonyl (C=O) groups excluding carboxylic acids is 2. The largest absolute Gasteiger partial charge is 0.463 e. The van der Waals surface area contributed by atoms with Crippen molar-refractivity contribution in [1.29, 1.82) is 0 Å². The van der Waals surface area contributed by atoms with Gasteiger partial charge in [-0.3, -0.25) is 14.5 Å². The molecule has 6 nitrogen and oxygen atoms in total. The summed E-state index contributed by atoms with van der Waals surface area (Å²) in [7, 11) is 0. The molecule has 2 rings (SSSR count). The van der Waals surface area contributed by atoms with Crippen molar-refractivity contribution in [3.8, 4) is 0 Å². The van der Waals surface area contributed by atoms with Crippen LogP contribution in [-0.2, 0) is 14.3 Å². The Hall–Kier alpha value is -2.06. The molecule has 27 heavy (non-hydrogen) atoms. The molecule has 1 saturated heterocycles. The van der Waals surface area contributed by atoms with Gasteiger partial charge in [0.2, 0.25) is 0 Å². The average molecular weight is 384 g/mol. The third kappa shape index (κ3) is 7.22. The number of amides is 1. The van der Waals surface area contributed by atoms with E-state index in [2.05, 4.69) is 24.1 Å². The highest BCUT2D eigenvalue weighted by Crippen LogP contribution is 2.10. The van der Waals surface area contributed by atoms with E-state index in [1.54, 1.807) is 0 Å². The van der Waals surface area contributed by atoms with Gasteiger partial charge < -0.3 is 14.8 Å². The van der Waals surface area contributed by atoms with Crippen LogP contribution in [0.15, 0.2) is 18.2 Å². The number of rotatable bonds is 8. The number of esters is 1. The third-order valence-electron chi connectivity index (χ3n) is 4.07. The van der Waals surface area contributed by atoms with Gasteiger partial charge in [0.05, 0.1) is 18.6 Å². The Labute approximate surface area is 157 Å². The molecular formula is C19H26F2N2O4. The lowest BCUT2D eigenvalue weighted by Gasteiger charge is -2.33. The summed E-state index contributed by atoms with van der Waals surface area (Å²) in [5, 5.41) is 2.42. The predicted molar refractivity (Wildman–Crippen MR) is 95.3 cm³/mol. The first-order valence-electron chi connectivity index (χ1n) is 9.08. The summed E-state index contributed by atoms with van der Waals surface area (Å²) in [6.45, 7) is 7.62. The molecule has 0 spiro atoms. The molecule has 0 saturated carbocycles. The Morgan fingerprint density at radius 2 is 2.15 bits per heavy atom. The maximum atomic E-state index is 13.5. The van der Waals surface area contributed by atoms with Crippen LogP contribution in [0.25, 0.3) is 0 Å². The molecule has 0 aliphatic carbocycles. The van der Waals surface area contributed by atoms with Gasteiger partial charge >= 0.3 is 5.97 Å². The Bertz CT molecular complexity index is 655. The average Bonchev–Trinajstić information content (AvgIpc) is 2.59. The number of nitrogens with zero attached hydrogens (tertiary/aromatic N) is 1. The lowest BCUT2D eigenvalue weighted by Crippen LogP contribution is -2.46. The fourth-order valence-corrected chi connectivity index (χ4v) is 2.87. The van der Waals surface area contributed by atoms with Crippen LogP contribution >= 0.6 is 0 Å². The number of halogens is 2. The predicted octanol–water partition coefficient (Wildman–Crippen LogP) is 1.98. The van der Waals surface area contributed by atoms with Crippen LogP contribution in [0.2, 0.25) is 0 Å². The van der Waals surface area contributed by atoms with Gasteiger partial charge in [-0.15, -0.1) is 0 Å². The fraction of sp³-hybridized carbons (Fsp3) is 0.579. The molecule has 1 fully saturated rings. The molecule has 1 aromatic rings. The molecule has 0 bridgehead atoms. The van der Waals surface area contributed by atoms with Gasteiger partial charge in [-0.1, -0.05) is 13.8 Å². The Morgan fingerprint density at radius 3 is 2.85 bits per heavy atom. The van der Waals surface area contributed by atoms with Gasteiger partial charge in [-0.05, 0) is 18.1 Å². The van der Waals surface area contributed by atoms with E-state index in [1.807, 2.05) is 0 Å². The van der Waals surface area contributed by atoms with E-state index in [-0.39, 0.29) is 31.2 Å². The first-order chi connectivity index (χ1) is 12.8. The van der Waals surface area contributed by atoms with E-state index in [0.717, 1.165) is 25.2 Å². The fourth-order valence-electron chi connectivity index (χ4n) is 2.87. The molecule has 1 amide bonds. The highest BCUT2D eigenvalue weighted by Gasteiger charge is 2.22. The van der Waals surface area contributed by atoms with Gasteiger partial charge in [-0.25, -0.2) is 8.78 Å². The van der Waals surface area contributed by atoms with Gasteiger partial charge in [0.15, 0.2) is 0 Å². The van der Waals surface area contributed by atoms with Gasteiger partial charge in [0.1, 0.15) is 24.3 Å². The highest BCUT2D eigenvalue weighted by atomic mass is 19.1. The van der Waals surface area contributed by atoms with Crippen LogP contribution < -0.4 is 5.32 Å². The second kappa shape index (κ2) is 10.3. The summed E-state index contributed by atoms with van der Waals surface area (Å²) < 4.78 is 37.2. The molecule has 1 aromatic carbocycles. The second-order valence-electron chi connectivity index (χ2n) is 6.96. The van der Waals surface area contributed by atoms with Crippen LogP contribution in [0.4, 0.5) is 8.78 Å². The normalized spacial score (nSPS) is 17.7. The zero-order valence-electron chi connectivity index (χ0n) is 15.7. The molecule has 1 unspecified atom stereocenters. The highest BCUT2D eigenvalue weighted by molar-refractivity contribution is 5.94. The van der Waals surface area contributed by atoms with Crippen molar-refractivity contribution < 1.29 is 27.8 Å². The summed E-state index contributed by atoms with van der Waals surface area (Å²) in [6, 6.07) is 2.69. The summed E-state index contributed by atoms with van der Waals surface area (Å²) >= 11 is 0. The lowest BCUT2D eigenvalue weighted by atomic mass is 10.2. The summed E-state index contributed by atoms with van der Waals surface area (Å²) in [4.78, 5) is 25.9. The minimum absolute atomic E-state index is 0.000515. The van der Waals surface area contributed by atoms with Crippen LogP contribution in [0, 0.1) is 17.6 Å². The molecule has 1 N–H and O–H groups in total. The van der Waals surface area contributed by atoms with Crippen LogP contribution in [0.1, 0.15) is 30.6 Å². The van der Waals surface area contributed by atoms with E-state index in [4.69, 9.17) is 9.47 Å². The smallest absolute Gasteiger partial charge is 0.307 e. The summed E-state index contributed by atoms with van der Waals surface area (Å²) in [5.74, 6) is -2.33. The molecule has 1 aliphatic rings. The molecule has 0 aromatic heterocycles. The van der Waals surface area contributed by atoms with Crippen molar-refractivity contribution in [2.75, 3.05) is 39.4 Å². The maximum Gasteiger partial charge on any atom is 0.307 e. The lowest BCUT2D eigenvalue weighted by molar-refractivity contribution is -0.150. The SMILES string of the molecule is CC(C)CN1CCOC(COC(=O)CCNC(=O)c2ccc(F)cc2F)C1. The van der Waals surface area contributed by atoms with E-state index >= 15 is 0 Å². The number of morpholine rings is 1. The quantitative estimate of drug-likeness (QED) is 0.695. The van der Waals surface area contributed by atoms with Crippen molar-refractivity contribution in [3.63, 3.8) is 0 Å². The molecular weight excluding hydrogens is 358 g/mol. The van der Waals surface area contributed by atoms with Crippen molar-refractivity contribution in [2.45, 2.75) is 26.4 Å². The minimum atomic E-state index is -0.949. The van der Waals surface area contributed by atoms with Crippen molar-refractivity contribution in [3.05, 3.63) is 35.4 Å². The first-order valence-corrected chi connectivity index (χ1v) is 9.08. The van der Waals surface area contributed by atoms with Crippen LogP contribution in [0.3, 0.4) is 0 Å². The van der Waals surface area contributed by atoms with Gasteiger partial charge in [0.25, 0.3) is 5.91 Å². The second-order valence-corrected chi connectivity index (χ2v) is 6.96. The Morgan fingerprint density at radius 1 is 1.37 bits per heavy atom. The number of carbonyl (C=O) groups is 2. The Kier molecular flexibility index (Phi) is 8.12. The zero-order chi connectivity index (χ0) is 19.8. The number of nitrogens with one attached hydrogen (secondary N) is 1. The molecule has 1 heterocycles. The van der Waals surface area contributed by atoms with Crippen molar-refractivity contribution >= 4 is 11.9 Å². The Balaban J connectivity index is 1.66. The summed E-state index contributed by atoms with van der Waals surface area (Å²) in [6.07, 6.45) is -0.207. The maximum absolute atomic E-state index is 13.5. The van der Waals surface area contributed by atoms with E-state index < -0.39 is 23.5 Å². The summed E-state index contributed by atoms with van der Waals surface area (Å²) in [5.41, 5.74) is -0.273. The number of ether oxygens (including phenoxy) is 2. The van der Waals surface area contributed by atoms with E-state index in [9.17, 15) is 18.4 Å². The van der Waals surface area contributed by atoms with Gasteiger partial charge in [-0.2, -0.15) is 0 Å². The minimum Gasteiger partial charge on any atom is -0.463 e. The van der Waals surface area contributed by atoms with Crippen LogP contribution in [-0.4, -0.2) is 62.3 Å². The molecule has 8 heteroatoms. The topological polar surface area (TPSA) is 67.9 Å². The monoisotopic (exact) mass is 384 g/mol. The standard InChI is InChI=1S/C19H26F2N2O4/c1-13(2)10-23-7-8-26-15(11-23)12-27-18(24)5-6-22-19(25)16-4-3-14(20)9-17(16)21/h3-4,9,13,15H,5-8,10-12H2,1-2H3,(H,22,25). The molecule has 0 radical (unpaired) electrons. The van der Waals surface area contributed by atoms with E-state index in [1.165, 1.54) is 0 Å². The number of hydrogen-bond acceptors (Lipinski definition) is 5. The van der Waals surface area contributed by atoms with Crippen molar-refractivity contribution in [1.82, 2.24) is 10.2 Å². The number of benzene rings is 1. The van der Waals surface area contributed by atoms with Crippen molar-refractivity contribution in [2.24, 2.45) is 5.92 Å². The zero-order valence-corrected chi connectivity index (χ0v) is 15.7. The van der Waals surface area contributed by atoms with Crippen LogP contribution in [0.5, 0.6) is 0 Å². The molecule has 1 atom stereocenters. The van der Waals surface area contributed by atoms with E-state index in [0.29, 0.717) is 25.1 Å². The number of hydrogen-bond donors (Lipinski definition) is 1.